The predicted molar refractivity (Wildman–Crippen MR) is 66.0 cm³/mol. The minimum Gasteiger partial charge on any atom is -0.388 e. The second kappa shape index (κ2) is 4.72. The lowest BCUT2D eigenvalue weighted by Crippen LogP contribution is -2.17. The summed E-state index contributed by atoms with van der Waals surface area (Å²) in [5.41, 5.74) is 2.30. The van der Waals surface area contributed by atoms with E-state index >= 15 is 0 Å². The number of hydrogen-bond acceptors (Lipinski definition) is 2. The van der Waals surface area contributed by atoms with Crippen molar-refractivity contribution in [1.82, 2.24) is 4.57 Å². The molecule has 1 aromatic heterocycles. The summed E-state index contributed by atoms with van der Waals surface area (Å²) < 4.78 is 13.4. The van der Waals surface area contributed by atoms with E-state index in [1.807, 2.05) is 12.3 Å². The number of aliphatic hydroxyl groups excluding tert-OH is 1. The predicted octanol–water partition coefficient (Wildman–Crippen LogP) is 1.80. The number of aliphatic hydroxyl groups is 1. The normalized spacial score (nSPS) is 23.8. The number of rotatable bonds is 3. The van der Waals surface area contributed by atoms with Crippen molar-refractivity contribution in [2.75, 3.05) is 12.0 Å². The van der Waals surface area contributed by atoms with Gasteiger partial charge in [0.2, 0.25) is 0 Å². The lowest BCUT2D eigenvalue weighted by atomic mass is 9.95. The van der Waals surface area contributed by atoms with Crippen LogP contribution in [-0.2, 0) is 17.2 Å². The van der Waals surface area contributed by atoms with E-state index in [-0.39, 0.29) is 12.1 Å². The minimum absolute atomic E-state index is 0.250. The maximum absolute atomic E-state index is 11.2. The zero-order chi connectivity index (χ0) is 11.7. The van der Waals surface area contributed by atoms with Gasteiger partial charge in [0.25, 0.3) is 0 Å². The average molecular weight is 241 g/mol. The molecule has 0 saturated heterocycles. The SMILES string of the molecule is CC(CS(C)=O)n1ccc2c1CCCC2O. The molecule has 0 spiro atoms. The molecule has 4 heteroatoms. The molecule has 1 aromatic rings. The van der Waals surface area contributed by atoms with E-state index < -0.39 is 10.8 Å². The van der Waals surface area contributed by atoms with E-state index in [4.69, 9.17) is 0 Å². The number of hydrogen-bond donors (Lipinski definition) is 1. The molecule has 3 atom stereocenters. The number of fused-ring (bicyclic) bond motifs is 1. The van der Waals surface area contributed by atoms with Gasteiger partial charge in [-0.25, -0.2) is 0 Å². The van der Waals surface area contributed by atoms with Crippen molar-refractivity contribution in [2.45, 2.75) is 38.3 Å². The Bertz CT molecular complexity index is 400. The molecular weight excluding hydrogens is 222 g/mol. The third kappa shape index (κ3) is 2.23. The Kier molecular flexibility index (Phi) is 3.50. The highest BCUT2D eigenvalue weighted by Crippen LogP contribution is 2.31. The van der Waals surface area contributed by atoms with E-state index in [0.717, 1.165) is 24.8 Å². The van der Waals surface area contributed by atoms with Crippen molar-refractivity contribution in [1.29, 1.82) is 0 Å². The maximum Gasteiger partial charge on any atom is 0.0807 e. The smallest absolute Gasteiger partial charge is 0.0807 e. The monoisotopic (exact) mass is 241 g/mol. The van der Waals surface area contributed by atoms with Crippen LogP contribution in [0.5, 0.6) is 0 Å². The molecule has 0 bridgehead atoms. The van der Waals surface area contributed by atoms with Crippen LogP contribution in [0.15, 0.2) is 12.3 Å². The van der Waals surface area contributed by atoms with E-state index in [9.17, 15) is 9.32 Å². The molecule has 2 rings (SSSR count). The highest BCUT2D eigenvalue weighted by molar-refractivity contribution is 7.84. The molecule has 0 fully saturated rings. The van der Waals surface area contributed by atoms with Crippen LogP contribution in [0.3, 0.4) is 0 Å². The average Bonchev–Trinajstić information content (AvgIpc) is 2.61. The van der Waals surface area contributed by atoms with Crippen LogP contribution in [0, 0.1) is 0 Å². The summed E-state index contributed by atoms with van der Waals surface area (Å²) in [7, 11) is -0.773. The highest BCUT2D eigenvalue weighted by atomic mass is 32.2. The molecule has 0 aromatic carbocycles. The third-order valence-electron chi connectivity index (χ3n) is 3.26. The minimum atomic E-state index is -0.773. The molecule has 1 N–H and O–H groups in total. The fraction of sp³-hybridized carbons (Fsp3) is 0.667. The third-order valence-corrected chi connectivity index (χ3v) is 4.21. The Morgan fingerprint density at radius 3 is 3.12 bits per heavy atom. The van der Waals surface area contributed by atoms with E-state index in [1.54, 1.807) is 6.26 Å². The first-order valence-corrected chi connectivity index (χ1v) is 7.50. The largest absolute Gasteiger partial charge is 0.388 e. The molecule has 1 aliphatic carbocycles. The first kappa shape index (κ1) is 11.9. The zero-order valence-corrected chi connectivity index (χ0v) is 10.7. The summed E-state index contributed by atoms with van der Waals surface area (Å²) >= 11 is 0. The van der Waals surface area contributed by atoms with Crippen molar-refractivity contribution in [2.24, 2.45) is 0 Å². The van der Waals surface area contributed by atoms with Gasteiger partial charge in [0, 0.05) is 46.3 Å². The first-order valence-electron chi connectivity index (χ1n) is 5.77. The van der Waals surface area contributed by atoms with Gasteiger partial charge in [-0.15, -0.1) is 0 Å². The highest BCUT2D eigenvalue weighted by Gasteiger charge is 2.22. The van der Waals surface area contributed by atoms with Gasteiger partial charge in [-0.2, -0.15) is 0 Å². The van der Waals surface area contributed by atoms with Crippen LogP contribution >= 0.6 is 0 Å². The lowest BCUT2D eigenvalue weighted by molar-refractivity contribution is 0.155. The van der Waals surface area contributed by atoms with Gasteiger partial charge < -0.3 is 9.67 Å². The van der Waals surface area contributed by atoms with Crippen LogP contribution in [0.1, 0.15) is 43.2 Å². The van der Waals surface area contributed by atoms with Gasteiger partial charge in [0.15, 0.2) is 0 Å². The summed E-state index contributed by atoms with van der Waals surface area (Å²) in [6.45, 7) is 2.09. The Morgan fingerprint density at radius 1 is 1.69 bits per heavy atom. The van der Waals surface area contributed by atoms with E-state index in [0.29, 0.717) is 5.75 Å². The number of aromatic nitrogens is 1. The molecule has 90 valence electrons. The van der Waals surface area contributed by atoms with Crippen LogP contribution in [0.4, 0.5) is 0 Å². The van der Waals surface area contributed by atoms with Crippen LogP contribution in [-0.4, -0.2) is 25.9 Å². The zero-order valence-electron chi connectivity index (χ0n) is 9.85. The van der Waals surface area contributed by atoms with Crippen molar-refractivity contribution < 1.29 is 9.32 Å². The molecular formula is C12H19NO2S. The second-order valence-corrected chi connectivity index (χ2v) is 6.10. The summed E-state index contributed by atoms with van der Waals surface area (Å²) in [6, 6.07) is 2.26. The Labute approximate surface area is 98.9 Å². The second-order valence-electron chi connectivity index (χ2n) is 4.62. The molecule has 0 saturated carbocycles. The van der Waals surface area contributed by atoms with E-state index in [2.05, 4.69) is 11.5 Å². The lowest BCUT2D eigenvalue weighted by Gasteiger charge is -2.23. The molecule has 1 aliphatic rings. The molecule has 3 nitrogen and oxygen atoms in total. The molecule has 0 radical (unpaired) electrons. The van der Waals surface area contributed by atoms with Crippen LogP contribution < -0.4 is 0 Å². The summed E-state index contributed by atoms with van der Waals surface area (Å²) in [6.07, 6.45) is 6.40. The van der Waals surface area contributed by atoms with Gasteiger partial charge in [-0.1, -0.05) is 0 Å². The molecule has 0 amide bonds. The van der Waals surface area contributed by atoms with Crippen molar-refractivity contribution in [3.8, 4) is 0 Å². The van der Waals surface area contributed by atoms with Gasteiger partial charge >= 0.3 is 0 Å². The van der Waals surface area contributed by atoms with Gasteiger partial charge in [-0.05, 0) is 32.3 Å². The van der Waals surface area contributed by atoms with Crippen molar-refractivity contribution in [3.05, 3.63) is 23.5 Å². The van der Waals surface area contributed by atoms with Gasteiger partial charge in [0.1, 0.15) is 0 Å². The Balaban J connectivity index is 2.25. The van der Waals surface area contributed by atoms with Crippen LogP contribution in [0.2, 0.25) is 0 Å². The standard InChI is InChI=1S/C12H19NO2S/c1-9(8-16(2)15)13-7-6-10-11(13)4-3-5-12(10)14/h6-7,9,12,14H,3-5,8H2,1-2H3. The summed E-state index contributed by atoms with van der Waals surface area (Å²) in [4.78, 5) is 0. The van der Waals surface area contributed by atoms with Crippen LogP contribution in [0.25, 0.3) is 0 Å². The first-order chi connectivity index (χ1) is 7.59. The summed E-state index contributed by atoms with van der Waals surface area (Å²) in [5.74, 6) is 0.678. The molecule has 3 unspecified atom stereocenters. The van der Waals surface area contributed by atoms with Gasteiger partial charge in [-0.3, -0.25) is 4.21 Å². The topological polar surface area (TPSA) is 42.2 Å². The number of nitrogens with zero attached hydrogens (tertiary/aromatic N) is 1. The molecule has 0 aliphatic heterocycles. The maximum atomic E-state index is 11.2. The van der Waals surface area contributed by atoms with E-state index in [1.165, 1.54) is 5.69 Å². The Hall–Kier alpha value is -0.610. The van der Waals surface area contributed by atoms with Gasteiger partial charge in [0.05, 0.1) is 6.10 Å². The summed E-state index contributed by atoms with van der Waals surface area (Å²) in [5, 5.41) is 9.87. The molecule has 1 heterocycles. The molecule has 16 heavy (non-hydrogen) atoms. The van der Waals surface area contributed by atoms with Crippen molar-refractivity contribution in [3.63, 3.8) is 0 Å². The fourth-order valence-electron chi connectivity index (χ4n) is 2.52. The van der Waals surface area contributed by atoms with Crippen molar-refractivity contribution >= 4 is 10.8 Å². The Morgan fingerprint density at radius 2 is 2.44 bits per heavy atom. The quantitative estimate of drug-likeness (QED) is 0.876. The fourth-order valence-corrected chi connectivity index (χ4v) is 3.36.